The van der Waals surface area contributed by atoms with Gasteiger partial charge in [-0.25, -0.2) is 27.7 Å². The monoisotopic (exact) mass is 407 g/mol. The lowest BCUT2D eigenvalue weighted by Crippen LogP contribution is -2.32. The summed E-state index contributed by atoms with van der Waals surface area (Å²) in [7, 11) is -2.55. The predicted octanol–water partition coefficient (Wildman–Crippen LogP) is 2.04. The number of furan rings is 1. The largest absolute Gasteiger partial charge is 0.467 e. The van der Waals surface area contributed by atoms with E-state index in [0.29, 0.717) is 16.9 Å². The van der Waals surface area contributed by atoms with Crippen LogP contribution in [0.4, 0.5) is 5.82 Å². The molecular formula is C15H14ClN7O3S. The number of anilines is 1. The van der Waals surface area contributed by atoms with Crippen LogP contribution in [0.15, 0.2) is 40.4 Å². The molecule has 0 unspecified atom stereocenters. The molecule has 0 spiro atoms. The van der Waals surface area contributed by atoms with E-state index >= 15 is 0 Å². The molecule has 4 heterocycles. The molecule has 0 fully saturated rings. The predicted molar refractivity (Wildman–Crippen MR) is 96.7 cm³/mol. The lowest BCUT2D eigenvalue weighted by molar-refractivity contribution is 0.508. The summed E-state index contributed by atoms with van der Waals surface area (Å²) in [4.78, 5) is 15.0. The first kappa shape index (κ1) is 17.5. The van der Waals surface area contributed by atoms with Gasteiger partial charge in [-0.1, -0.05) is 11.6 Å². The SMILES string of the molecule is Cc1nn(C)c(Cl)c1S(=O)(=O)N(Cc1ccco1)c1ncnc2nc[nH]c12. The van der Waals surface area contributed by atoms with Gasteiger partial charge < -0.3 is 9.40 Å². The molecule has 0 aromatic carbocycles. The van der Waals surface area contributed by atoms with Crippen LogP contribution in [0.2, 0.25) is 5.15 Å². The molecule has 4 rings (SSSR count). The van der Waals surface area contributed by atoms with E-state index in [1.165, 1.54) is 23.6 Å². The van der Waals surface area contributed by atoms with Crippen molar-refractivity contribution in [3.63, 3.8) is 0 Å². The van der Waals surface area contributed by atoms with Crippen molar-refractivity contribution in [2.24, 2.45) is 7.05 Å². The van der Waals surface area contributed by atoms with Crippen molar-refractivity contribution in [1.82, 2.24) is 29.7 Å². The molecule has 0 amide bonds. The Morgan fingerprint density at radius 3 is 2.81 bits per heavy atom. The van der Waals surface area contributed by atoms with Gasteiger partial charge in [-0.2, -0.15) is 5.10 Å². The normalized spacial score (nSPS) is 12.0. The molecule has 0 aliphatic carbocycles. The van der Waals surface area contributed by atoms with Crippen molar-refractivity contribution in [3.8, 4) is 0 Å². The van der Waals surface area contributed by atoms with Gasteiger partial charge in [-0.3, -0.25) is 4.68 Å². The highest BCUT2D eigenvalue weighted by molar-refractivity contribution is 7.93. The fraction of sp³-hybridized carbons (Fsp3) is 0.200. The van der Waals surface area contributed by atoms with Gasteiger partial charge >= 0.3 is 0 Å². The highest BCUT2D eigenvalue weighted by Crippen LogP contribution is 2.33. The van der Waals surface area contributed by atoms with E-state index in [-0.39, 0.29) is 28.1 Å². The minimum Gasteiger partial charge on any atom is -0.467 e. The second-order valence-corrected chi connectivity index (χ2v) is 7.88. The topological polar surface area (TPSA) is 123 Å². The number of nitrogens with zero attached hydrogens (tertiary/aromatic N) is 6. The molecule has 0 saturated carbocycles. The average molecular weight is 408 g/mol. The number of aromatic nitrogens is 6. The number of rotatable bonds is 5. The van der Waals surface area contributed by atoms with Gasteiger partial charge in [0.15, 0.2) is 11.5 Å². The second kappa shape index (κ2) is 6.35. The third-order valence-electron chi connectivity index (χ3n) is 3.97. The molecular weight excluding hydrogens is 394 g/mol. The van der Waals surface area contributed by atoms with E-state index in [2.05, 4.69) is 25.0 Å². The Labute approximate surface area is 158 Å². The van der Waals surface area contributed by atoms with Crippen molar-refractivity contribution in [3.05, 3.63) is 47.7 Å². The molecule has 4 aromatic rings. The van der Waals surface area contributed by atoms with Crippen molar-refractivity contribution >= 4 is 38.6 Å². The van der Waals surface area contributed by atoms with Crippen LogP contribution in [-0.4, -0.2) is 38.1 Å². The minimum absolute atomic E-state index is 0.00635. The van der Waals surface area contributed by atoms with E-state index in [9.17, 15) is 8.42 Å². The van der Waals surface area contributed by atoms with Gasteiger partial charge in [0.25, 0.3) is 10.0 Å². The average Bonchev–Trinajstić information content (AvgIpc) is 3.34. The number of hydrogen-bond donors (Lipinski definition) is 1. The Balaban J connectivity index is 1.94. The molecule has 0 bridgehead atoms. The summed E-state index contributed by atoms with van der Waals surface area (Å²) < 4.78 is 34.8. The van der Waals surface area contributed by atoms with Gasteiger partial charge in [0.1, 0.15) is 27.7 Å². The Morgan fingerprint density at radius 1 is 1.33 bits per heavy atom. The molecule has 12 heteroatoms. The number of aryl methyl sites for hydroxylation is 2. The fourth-order valence-electron chi connectivity index (χ4n) is 2.77. The van der Waals surface area contributed by atoms with Crippen LogP contribution in [0.1, 0.15) is 11.5 Å². The van der Waals surface area contributed by atoms with Crippen LogP contribution in [0.5, 0.6) is 0 Å². The minimum atomic E-state index is -4.12. The quantitative estimate of drug-likeness (QED) is 0.536. The summed E-state index contributed by atoms with van der Waals surface area (Å²) in [5, 5.41) is 4.11. The molecule has 0 aliphatic heterocycles. The molecule has 10 nitrogen and oxygen atoms in total. The van der Waals surface area contributed by atoms with Gasteiger partial charge in [-0.05, 0) is 19.1 Å². The summed E-state index contributed by atoms with van der Waals surface area (Å²) >= 11 is 6.23. The van der Waals surface area contributed by atoms with Gasteiger partial charge in [0.05, 0.1) is 24.8 Å². The van der Waals surface area contributed by atoms with Crippen LogP contribution >= 0.6 is 11.6 Å². The third-order valence-corrected chi connectivity index (χ3v) is 6.40. The zero-order valence-electron chi connectivity index (χ0n) is 14.3. The number of hydrogen-bond acceptors (Lipinski definition) is 7. The van der Waals surface area contributed by atoms with Crippen LogP contribution in [0, 0.1) is 6.92 Å². The maximum atomic E-state index is 13.5. The molecule has 27 heavy (non-hydrogen) atoms. The summed E-state index contributed by atoms with van der Waals surface area (Å²) in [6.45, 7) is 1.49. The first-order valence-corrected chi connectivity index (χ1v) is 9.59. The molecule has 0 aliphatic rings. The first-order valence-electron chi connectivity index (χ1n) is 7.78. The first-order chi connectivity index (χ1) is 12.9. The standard InChI is InChI=1S/C15H14ClN7O3S/c1-9-12(13(16)22(2)21-9)27(24,25)23(6-10-4-3-5-26-10)15-11-14(18-7-17-11)19-8-20-15/h3-5,7-8H,6H2,1-2H3,(H,17,18,19,20). The molecule has 0 saturated heterocycles. The molecule has 0 atom stereocenters. The fourth-order valence-corrected chi connectivity index (χ4v) is 4.88. The Morgan fingerprint density at radius 2 is 2.15 bits per heavy atom. The summed E-state index contributed by atoms with van der Waals surface area (Å²) in [5.41, 5.74) is 1.00. The van der Waals surface area contributed by atoms with E-state index in [1.807, 2.05) is 0 Å². The number of nitrogens with one attached hydrogen (secondary N) is 1. The lowest BCUT2D eigenvalue weighted by atomic mass is 10.4. The highest BCUT2D eigenvalue weighted by Gasteiger charge is 2.34. The summed E-state index contributed by atoms with van der Waals surface area (Å²) in [5.74, 6) is 0.565. The molecule has 4 aromatic heterocycles. The Bertz CT molecular complexity index is 1210. The Hall–Kier alpha value is -2.92. The Kier molecular flexibility index (Phi) is 4.12. The summed E-state index contributed by atoms with van der Waals surface area (Å²) in [6.07, 6.45) is 4.14. The number of halogens is 1. The van der Waals surface area contributed by atoms with Crippen molar-refractivity contribution < 1.29 is 12.8 Å². The van der Waals surface area contributed by atoms with Gasteiger partial charge in [0.2, 0.25) is 0 Å². The van der Waals surface area contributed by atoms with E-state index in [0.717, 1.165) is 4.31 Å². The second-order valence-electron chi connectivity index (χ2n) is 5.72. The summed E-state index contributed by atoms with van der Waals surface area (Å²) in [6, 6.07) is 3.35. The van der Waals surface area contributed by atoms with Crippen molar-refractivity contribution in [2.45, 2.75) is 18.4 Å². The van der Waals surface area contributed by atoms with E-state index in [1.54, 1.807) is 26.1 Å². The molecule has 1 N–H and O–H groups in total. The maximum absolute atomic E-state index is 13.5. The number of imidazole rings is 1. The van der Waals surface area contributed by atoms with Gasteiger partial charge in [-0.15, -0.1) is 0 Å². The lowest BCUT2D eigenvalue weighted by Gasteiger charge is -2.22. The van der Waals surface area contributed by atoms with Crippen molar-refractivity contribution in [1.29, 1.82) is 0 Å². The van der Waals surface area contributed by atoms with Crippen LogP contribution < -0.4 is 4.31 Å². The number of fused-ring (bicyclic) bond motifs is 1. The van der Waals surface area contributed by atoms with E-state index in [4.69, 9.17) is 16.0 Å². The third kappa shape index (κ3) is 2.84. The zero-order chi connectivity index (χ0) is 19.2. The van der Waals surface area contributed by atoms with Crippen molar-refractivity contribution in [2.75, 3.05) is 4.31 Å². The number of H-pyrrole nitrogens is 1. The number of sulfonamides is 1. The van der Waals surface area contributed by atoms with Crippen LogP contribution in [0.3, 0.4) is 0 Å². The van der Waals surface area contributed by atoms with E-state index < -0.39 is 10.0 Å². The molecule has 140 valence electrons. The van der Waals surface area contributed by atoms with Crippen LogP contribution in [-0.2, 0) is 23.6 Å². The number of aromatic amines is 1. The smallest absolute Gasteiger partial charge is 0.270 e. The molecule has 0 radical (unpaired) electrons. The highest BCUT2D eigenvalue weighted by atomic mass is 35.5. The van der Waals surface area contributed by atoms with Crippen LogP contribution in [0.25, 0.3) is 11.2 Å². The maximum Gasteiger partial charge on any atom is 0.270 e. The zero-order valence-corrected chi connectivity index (χ0v) is 15.9. The van der Waals surface area contributed by atoms with Gasteiger partial charge in [0, 0.05) is 7.05 Å².